The molecule has 0 spiro atoms. The summed E-state index contributed by atoms with van der Waals surface area (Å²) in [5, 5.41) is 9.61. The Bertz CT molecular complexity index is 1120. The molecule has 7 nitrogen and oxygen atoms in total. The highest BCUT2D eigenvalue weighted by atomic mass is 19.4. The van der Waals surface area contributed by atoms with Gasteiger partial charge in [-0.15, -0.1) is 0 Å². The van der Waals surface area contributed by atoms with Gasteiger partial charge in [-0.05, 0) is 45.9 Å². The van der Waals surface area contributed by atoms with Crippen LogP contribution in [-0.2, 0) is 10.9 Å². The molecule has 10 heteroatoms. The van der Waals surface area contributed by atoms with Gasteiger partial charge in [-0.3, -0.25) is 9.78 Å². The second kappa shape index (κ2) is 9.33. The summed E-state index contributed by atoms with van der Waals surface area (Å²) < 4.78 is 43.9. The Balaban J connectivity index is 1.78. The molecule has 1 saturated heterocycles. The number of pyridine rings is 1. The first-order chi connectivity index (χ1) is 15.8. The summed E-state index contributed by atoms with van der Waals surface area (Å²) in [5.74, 6) is -0.329. The minimum atomic E-state index is -4.47. The number of rotatable bonds is 2. The number of halogens is 3. The first-order valence-corrected chi connectivity index (χ1v) is 10.7. The molecular formula is C24H25F3N4O3. The van der Waals surface area contributed by atoms with Crippen molar-refractivity contribution in [2.24, 2.45) is 0 Å². The fourth-order valence-corrected chi connectivity index (χ4v) is 3.53. The Morgan fingerprint density at radius 2 is 1.59 bits per heavy atom. The molecule has 34 heavy (non-hydrogen) atoms. The molecule has 0 radical (unpaired) electrons. The molecule has 1 fully saturated rings. The predicted molar refractivity (Wildman–Crippen MR) is 118 cm³/mol. The lowest BCUT2D eigenvalue weighted by Gasteiger charge is -2.35. The maximum atomic E-state index is 13.1. The van der Waals surface area contributed by atoms with Gasteiger partial charge < -0.3 is 14.5 Å². The number of hydrogen-bond acceptors (Lipinski definition) is 5. The highest BCUT2D eigenvalue weighted by Gasteiger charge is 2.31. The van der Waals surface area contributed by atoms with Gasteiger partial charge in [0.15, 0.2) is 0 Å². The van der Waals surface area contributed by atoms with Gasteiger partial charge in [0, 0.05) is 31.7 Å². The van der Waals surface area contributed by atoms with E-state index >= 15 is 0 Å². The molecule has 0 unspecified atom stereocenters. The fraction of sp³-hybridized carbons (Fsp3) is 0.417. The van der Waals surface area contributed by atoms with Crippen LogP contribution in [-0.4, -0.2) is 58.6 Å². The molecule has 180 valence electrons. The standard InChI is InChI=1S/C24H25F3N4O3/c1-15-19(21(32)30-9-11-31(12-10-30)22(33)34-23(2,3)4)13-17(14-28)20(29-15)16-5-7-18(8-6-16)24(25,26)27/h5-8,13H,9-12H2,1-4H3. The molecule has 0 bridgehead atoms. The zero-order valence-electron chi connectivity index (χ0n) is 19.4. The van der Waals surface area contributed by atoms with Crippen LogP contribution < -0.4 is 0 Å². The molecule has 1 aliphatic heterocycles. The smallest absolute Gasteiger partial charge is 0.416 e. The van der Waals surface area contributed by atoms with E-state index in [-0.39, 0.29) is 22.7 Å². The topological polar surface area (TPSA) is 86.5 Å². The van der Waals surface area contributed by atoms with Crippen molar-refractivity contribution in [1.82, 2.24) is 14.8 Å². The summed E-state index contributed by atoms with van der Waals surface area (Å²) >= 11 is 0. The van der Waals surface area contributed by atoms with Gasteiger partial charge in [0.25, 0.3) is 5.91 Å². The molecule has 0 atom stereocenters. The number of aromatic nitrogens is 1. The average Bonchev–Trinajstić information content (AvgIpc) is 2.77. The van der Waals surface area contributed by atoms with Gasteiger partial charge in [0.1, 0.15) is 11.7 Å². The van der Waals surface area contributed by atoms with Gasteiger partial charge in [-0.1, -0.05) is 12.1 Å². The summed E-state index contributed by atoms with van der Waals surface area (Å²) in [5.41, 5.74) is -0.191. The maximum absolute atomic E-state index is 13.1. The Labute approximate surface area is 195 Å². The molecule has 3 rings (SSSR count). The second-order valence-corrected chi connectivity index (χ2v) is 8.96. The number of aryl methyl sites for hydroxylation is 1. The van der Waals surface area contributed by atoms with E-state index in [0.717, 1.165) is 12.1 Å². The quantitative estimate of drug-likeness (QED) is 0.633. The summed E-state index contributed by atoms with van der Waals surface area (Å²) in [6, 6.07) is 7.76. The molecular weight excluding hydrogens is 449 g/mol. The highest BCUT2D eigenvalue weighted by molar-refractivity contribution is 5.96. The van der Waals surface area contributed by atoms with Crippen LogP contribution in [0.25, 0.3) is 11.3 Å². The van der Waals surface area contributed by atoms with Crippen LogP contribution in [0.3, 0.4) is 0 Å². The van der Waals surface area contributed by atoms with Crippen LogP contribution in [0.1, 0.15) is 48.0 Å². The summed E-state index contributed by atoms with van der Waals surface area (Å²) in [6.07, 6.45) is -4.91. The number of piperazine rings is 1. The molecule has 1 aromatic carbocycles. The van der Waals surface area contributed by atoms with E-state index in [1.807, 2.05) is 6.07 Å². The molecule has 0 aliphatic carbocycles. The van der Waals surface area contributed by atoms with Crippen molar-refractivity contribution in [3.63, 3.8) is 0 Å². The van der Waals surface area contributed by atoms with E-state index in [1.54, 1.807) is 32.6 Å². The third-order valence-corrected chi connectivity index (χ3v) is 5.27. The average molecular weight is 474 g/mol. The fourth-order valence-electron chi connectivity index (χ4n) is 3.53. The van der Waals surface area contributed by atoms with Crippen LogP contribution in [0, 0.1) is 18.3 Å². The number of nitrogens with zero attached hydrogens (tertiary/aromatic N) is 4. The maximum Gasteiger partial charge on any atom is 0.416 e. The lowest BCUT2D eigenvalue weighted by molar-refractivity contribution is -0.137. The third-order valence-electron chi connectivity index (χ3n) is 5.27. The zero-order chi connectivity index (χ0) is 25.3. The van der Waals surface area contributed by atoms with E-state index < -0.39 is 23.4 Å². The third kappa shape index (κ3) is 5.65. The number of nitriles is 1. The van der Waals surface area contributed by atoms with E-state index in [2.05, 4.69) is 4.98 Å². The lowest BCUT2D eigenvalue weighted by atomic mass is 10.0. The van der Waals surface area contributed by atoms with Crippen molar-refractivity contribution in [1.29, 1.82) is 5.26 Å². The summed E-state index contributed by atoms with van der Waals surface area (Å²) in [7, 11) is 0. The number of alkyl halides is 3. The monoisotopic (exact) mass is 474 g/mol. The van der Waals surface area contributed by atoms with E-state index in [4.69, 9.17) is 4.74 Å². The molecule has 0 saturated carbocycles. The summed E-state index contributed by atoms with van der Waals surface area (Å²) in [6.45, 7) is 8.15. The van der Waals surface area contributed by atoms with Gasteiger partial charge in [0.05, 0.1) is 28.1 Å². The first-order valence-electron chi connectivity index (χ1n) is 10.7. The van der Waals surface area contributed by atoms with Crippen LogP contribution in [0.5, 0.6) is 0 Å². The number of carbonyl (C=O) groups is 2. The second-order valence-electron chi connectivity index (χ2n) is 8.96. The zero-order valence-corrected chi connectivity index (χ0v) is 19.4. The number of amides is 2. The Morgan fingerprint density at radius 1 is 1.03 bits per heavy atom. The largest absolute Gasteiger partial charge is 0.444 e. The van der Waals surface area contributed by atoms with Crippen molar-refractivity contribution in [3.05, 3.63) is 52.7 Å². The van der Waals surface area contributed by atoms with Crippen LogP contribution in [0.15, 0.2) is 30.3 Å². The number of ether oxygens (including phenoxy) is 1. The van der Waals surface area contributed by atoms with Gasteiger partial charge in [-0.2, -0.15) is 18.4 Å². The van der Waals surface area contributed by atoms with Crippen molar-refractivity contribution in [2.75, 3.05) is 26.2 Å². The molecule has 2 amide bonds. The number of carbonyl (C=O) groups excluding carboxylic acids is 2. The van der Waals surface area contributed by atoms with Crippen molar-refractivity contribution < 1.29 is 27.5 Å². The van der Waals surface area contributed by atoms with Gasteiger partial charge in [0.2, 0.25) is 0 Å². The molecule has 2 heterocycles. The molecule has 0 N–H and O–H groups in total. The van der Waals surface area contributed by atoms with E-state index in [0.29, 0.717) is 37.4 Å². The number of hydrogen-bond donors (Lipinski definition) is 0. The Hall–Kier alpha value is -3.61. The Kier molecular flexibility index (Phi) is 6.87. The number of benzene rings is 1. The van der Waals surface area contributed by atoms with Crippen molar-refractivity contribution in [3.8, 4) is 17.3 Å². The van der Waals surface area contributed by atoms with Crippen molar-refractivity contribution in [2.45, 2.75) is 39.5 Å². The van der Waals surface area contributed by atoms with E-state index in [9.17, 15) is 28.0 Å². The SMILES string of the molecule is Cc1nc(-c2ccc(C(F)(F)F)cc2)c(C#N)cc1C(=O)N1CCN(C(=O)OC(C)(C)C)CC1. The molecule has 1 aliphatic rings. The minimum Gasteiger partial charge on any atom is -0.444 e. The van der Waals surface area contributed by atoms with Crippen LogP contribution >= 0.6 is 0 Å². The minimum absolute atomic E-state index is 0.0844. The van der Waals surface area contributed by atoms with E-state index in [1.165, 1.54) is 23.1 Å². The lowest BCUT2D eigenvalue weighted by Crippen LogP contribution is -2.51. The molecule has 1 aromatic heterocycles. The van der Waals surface area contributed by atoms with Crippen LogP contribution in [0.4, 0.5) is 18.0 Å². The highest BCUT2D eigenvalue weighted by Crippen LogP contribution is 2.32. The summed E-state index contributed by atoms with van der Waals surface area (Å²) in [4.78, 5) is 32.8. The van der Waals surface area contributed by atoms with Crippen LogP contribution in [0.2, 0.25) is 0 Å². The molecule has 2 aromatic rings. The first kappa shape index (κ1) is 25.0. The predicted octanol–water partition coefficient (Wildman–Crippen LogP) is 4.64. The van der Waals surface area contributed by atoms with Gasteiger partial charge >= 0.3 is 12.3 Å². The van der Waals surface area contributed by atoms with Gasteiger partial charge in [-0.25, -0.2) is 4.79 Å². The normalized spacial score (nSPS) is 14.5. The van der Waals surface area contributed by atoms with Crippen molar-refractivity contribution >= 4 is 12.0 Å². The Morgan fingerprint density at radius 3 is 2.09 bits per heavy atom.